The molecule has 0 saturated carbocycles. The van der Waals surface area contributed by atoms with E-state index >= 15 is 0 Å². The summed E-state index contributed by atoms with van der Waals surface area (Å²) < 4.78 is 0. The van der Waals surface area contributed by atoms with Crippen LogP contribution in [0.5, 0.6) is 0 Å². The van der Waals surface area contributed by atoms with Crippen LogP contribution >= 0.6 is 0 Å². The molecular weight excluding hydrogens is 228 g/mol. The quantitative estimate of drug-likeness (QED) is 0.387. The highest BCUT2D eigenvalue weighted by atomic mass is 16.4. The predicted octanol–water partition coefficient (Wildman–Crippen LogP) is -0.937. The molecule has 17 heavy (non-hydrogen) atoms. The largest absolute Gasteiger partial charge is 0.480 e. The fourth-order valence-electron chi connectivity index (χ4n) is 1.07. The van der Waals surface area contributed by atoms with Crippen molar-refractivity contribution in [3.8, 4) is 0 Å². The van der Waals surface area contributed by atoms with Gasteiger partial charge in [0.15, 0.2) is 0 Å². The van der Waals surface area contributed by atoms with Crippen LogP contribution in [0.1, 0.15) is 13.8 Å². The Kier molecular flexibility index (Phi) is 6.46. The van der Waals surface area contributed by atoms with Crippen LogP contribution in [0.25, 0.3) is 0 Å². The van der Waals surface area contributed by atoms with Gasteiger partial charge in [-0.25, -0.2) is 14.4 Å². The van der Waals surface area contributed by atoms with Gasteiger partial charge in [-0.3, -0.25) is 0 Å². The summed E-state index contributed by atoms with van der Waals surface area (Å²) in [5.41, 5.74) is 4.81. The van der Waals surface area contributed by atoms with Crippen molar-refractivity contribution in [1.29, 1.82) is 0 Å². The van der Waals surface area contributed by atoms with Crippen molar-refractivity contribution in [1.82, 2.24) is 16.0 Å². The lowest BCUT2D eigenvalue weighted by Gasteiger charge is -2.18. The molecule has 0 bridgehead atoms. The monoisotopic (exact) mass is 246 g/mol. The number of carbonyl (C=O) groups excluding carboxylic acids is 2. The molecule has 0 saturated heterocycles. The molecule has 0 aromatic rings. The number of nitrogens with one attached hydrogen (secondary N) is 3. The number of rotatable bonds is 6. The number of nitrogens with two attached hydrogens (primary N) is 1. The number of carboxylic acids is 1. The van der Waals surface area contributed by atoms with Crippen molar-refractivity contribution in [2.75, 3.05) is 13.1 Å². The molecule has 8 heteroatoms. The van der Waals surface area contributed by atoms with E-state index in [0.717, 1.165) is 0 Å². The number of aliphatic carboxylic acids is 1. The molecule has 8 nitrogen and oxygen atoms in total. The summed E-state index contributed by atoms with van der Waals surface area (Å²) in [6.45, 7) is 3.72. The summed E-state index contributed by atoms with van der Waals surface area (Å²) in [7, 11) is 0. The summed E-state index contributed by atoms with van der Waals surface area (Å²) in [6.07, 6.45) is 0. The highest BCUT2D eigenvalue weighted by molar-refractivity contribution is 5.82. The second kappa shape index (κ2) is 7.31. The van der Waals surface area contributed by atoms with Gasteiger partial charge < -0.3 is 26.8 Å². The summed E-state index contributed by atoms with van der Waals surface area (Å²) in [6, 6.07) is -2.23. The highest BCUT2D eigenvalue weighted by Crippen LogP contribution is 2.00. The Balaban J connectivity index is 3.91. The zero-order valence-electron chi connectivity index (χ0n) is 9.82. The molecule has 0 unspecified atom stereocenters. The van der Waals surface area contributed by atoms with Gasteiger partial charge in [-0.05, 0) is 5.92 Å². The first-order chi connectivity index (χ1) is 7.84. The normalized spacial score (nSPS) is 11.7. The first kappa shape index (κ1) is 15.0. The second-order valence-corrected chi connectivity index (χ2v) is 3.75. The van der Waals surface area contributed by atoms with E-state index in [1.807, 2.05) is 0 Å². The van der Waals surface area contributed by atoms with Crippen LogP contribution in [-0.4, -0.2) is 42.3 Å². The molecule has 6 N–H and O–H groups in total. The minimum atomic E-state index is -1.09. The maximum Gasteiger partial charge on any atom is 0.326 e. The van der Waals surface area contributed by atoms with E-state index in [9.17, 15) is 14.4 Å². The molecule has 0 aromatic heterocycles. The van der Waals surface area contributed by atoms with Gasteiger partial charge in [-0.2, -0.15) is 0 Å². The van der Waals surface area contributed by atoms with Crippen LogP contribution in [0.2, 0.25) is 0 Å². The van der Waals surface area contributed by atoms with Crippen LogP contribution in [-0.2, 0) is 4.79 Å². The molecule has 1 atom stereocenters. The van der Waals surface area contributed by atoms with E-state index < -0.39 is 24.1 Å². The number of hydrogen-bond donors (Lipinski definition) is 5. The zero-order valence-corrected chi connectivity index (χ0v) is 9.82. The SMILES string of the molecule is CC(C)[C@H](NC(=O)NCCNC(N)=O)C(=O)O. The molecule has 4 amide bonds. The van der Waals surface area contributed by atoms with Crippen molar-refractivity contribution in [2.24, 2.45) is 11.7 Å². The Bertz CT molecular complexity index is 293. The summed E-state index contributed by atoms with van der Waals surface area (Å²) in [5, 5.41) is 15.8. The van der Waals surface area contributed by atoms with Gasteiger partial charge in [0.2, 0.25) is 0 Å². The van der Waals surface area contributed by atoms with Gasteiger partial charge in [0, 0.05) is 13.1 Å². The van der Waals surface area contributed by atoms with Gasteiger partial charge in [-0.15, -0.1) is 0 Å². The van der Waals surface area contributed by atoms with Crippen molar-refractivity contribution >= 4 is 18.0 Å². The molecule has 0 radical (unpaired) electrons. The molecule has 0 spiro atoms. The smallest absolute Gasteiger partial charge is 0.326 e. The molecular formula is C9H18N4O4. The Morgan fingerprint density at radius 1 is 1.18 bits per heavy atom. The first-order valence-electron chi connectivity index (χ1n) is 5.15. The van der Waals surface area contributed by atoms with Crippen molar-refractivity contribution in [3.05, 3.63) is 0 Å². The standard InChI is InChI=1S/C9H18N4O4/c1-5(2)6(7(14)15)13-9(17)12-4-3-11-8(10)16/h5-6H,3-4H2,1-2H3,(H,14,15)(H3,10,11,16)(H2,12,13,17)/t6-/m0/s1. The van der Waals surface area contributed by atoms with Crippen LogP contribution in [0.15, 0.2) is 0 Å². The Hall–Kier alpha value is -1.99. The van der Waals surface area contributed by atoms with E-state index in [1.54, 1.807) is 13.8 Å². The summed E-state index contributed by atoms with van der Waals surface area (Å²) >= 11 is 0. The topological polar surface area (TPSA) is 134 Å². The molecule has 0 aliphatic heterocycles. The third-order valence-electron chi connectivity index (χ3n) is 1.93. The molecule has 98 valence electrons. The van der Waals surface area contributed by atoms with E-state index in [-0.39, 0.29) is 19.0 Å². The number of carboxylic acid groups (broad SMARTS) is 1. The van der Waals surface area contributed by atoms with Crippen LogP contribution in [0.4, 0.5) is 9.59 Å². The van der Waals surface area contributed by atoms with E-state index in [4.69, 9.17) is 10.8 Å². The number of hydrogen-bond acceptors (Lipinski definition) is 3. The Morgan fingerprint density at radius 3 is 2.12 bits per heavy atom. The van der Waals surface area contributed by atoms with Gasteiger partial charge in [-0.1, -0.05) is 13.8 Å². The zero-order chi connectivity index (χ0) is 13.4. The number of carbonyl (C=O) groups is 3. The average molecular weight is 246 g/mol. The summed E-state index contributed by atoms with van der Waals surface area (Å²) in [4.78, 5) is 32.4. The van der Waals surface area contributed by atoms with Crippen molar-refractivity contribution < 1.29 is 19.5 Å². The number of urea groups is 2. The first-order valence-corrected chi connectivity index (χ1v) is 5.15. The molecule has 0 aromatic carbocycles. The Morgan fingerprint density at radius 2 is 1.71 bits per heavy atom. The fraction of sp³-hybridized carbons (Fsp3) is 0.667. The van der Waals surface area contributed by atoms with Crippen molar-refractivity contribution in [3.63, 3.8) is 0 Å². The highest BCUT2D eigenvalue weighted by Gasteiger charge is 2.22. The molecule has 0 aliphatic carbocycles. The lowest BCUT2D eigenvalue weighted by atomic mass is 10.1. The van der Waals surface area contributed by atoms with Crippen LogP contribution in [0, 0.1) is 5.92 Å². The second-order valence-electron chi connectivity index (χ2n) is 3.75. The molecule has 0 heterocycles. The van der Waals surface area contributed by atoms with Gasteiger partial charge in [0.25, 0.3) is 0 Å². The Labute approximate surface area is 98.9 Å². The lowest BCUT2D eigenvalue weighted by molar-refractivity contribution is -0.140. The van der Waals surface area contributed by atoms with Crippen LogP contribution in [0.3, 0.4) is 0 Å². The summed E-state index contributed by atoms with van der Waals surface area (Å²) in [5.74, 6) is -1.31. The maximum absolute atomic E-state index is 11.3. The maximum atomic E-state index is 11.3. The van der Waals surface area contributed by atoms with E-state index in [0.29, 0.717) is 0 Å². The molecule has 0 fully saturated rings. The average Bonchev–Trinajstić information content (AvgIpc) is 2.19. The van der Waals surface area contributed by atoms with Gasteiger partial charge in [0.05, 0.1) is 0 Å². The number of amides is 4. The van der Waals surface area contributed by atoms with E-state index in [2.05, 4.69) is 16.0 Å². The number of primary amides is 1. The molecule has 0 aliphatic rings. The van der Waals surface area contributed by atoms with Crippen LogP contribution < -0.4 is 21.7 Å². The van der Waals surface area contributed by atoms with Crippen molar-refractivity contribution in [2.45, 2.75) is 19.9 Å². The lowest BCUT2D eigenvalue weighted by Crippen LogP contribution is -2.49. The minimum Gasteiger partial charge on any atom is -0.480 e. The molecule has 0 rings (SSSR count). The third-order valence-corrected chi connectivity index (χ3v) is 1.93. The third kappa shape index (κ3) is 6.98. The van der Waals surface area contributed by atoms with E-state index in [1.165, 1.54) is 0 Å². The van der Waals surface area contributed by atoms with Gasteiger partial charge in [0.1, 0.15) is 6.04 Å². The minimum absolute atomic E-state index is 0.166. The van der Waals surface area contributed by atoms with Gasteiger partial charge >= 0.3 is 18.0 Å². The fourth-order valence-corrected chi connectivity index (χ4v) is 1.07. The predicted molar refractivity (Wildman–Crippen MR) is 60.4 cm³/mol.